The normalized spacial score (nSPS) is 17.6. The Labute approximate surface area is 174 Å². The first kappa shape index (κ1) is 18.7. The first-order valence-electron chi connectivity index (χ1n) is 10.2. The predicted molar refractivity (Wildman–Crippen MR) is 113 cm³/mol. The highest BCUT2D eigenvalue weighted by Crippen LogP contribution is 2.33. The number of aromatic amines is 1. The quantitative estimate of drug-likeness (QED) is 0.643. The lowest BCUT2D eigenvalue weighted by molar-refractivity contribution is 0.122. The second-order valence-corrected chi connectivity index (χ2v) is 7.47. The molecule has 3 heterocycles. The summed E-state index contributed by atoms with van der Waals surface area (Å²) < 4.78 is 16.8. The number of anilines is 1. The Morgan fingerprint density at radius 2 is 1.90 bits per heavy atom. The van der Waals surface area contributed by atoms with Gasteiger partial charge in [-0.1, -0.05) is 0 Å². The highest BCUT2D eigenvalue weighted by atomic mass is 16.5. The molecule has 2 aliphatic rings. The van der Waals surface area contributed by atoms with Gasteiger partial charge < -0.3 is 24.4 Å². The van der Waals surface area contributed by atoms with Gasteiger partial charge in [-0.25, -0.2) is 4.79 Å². The molecule has 3 aromatic rings. The summed E-state index contributed by atoms with van der Waals surface area (Å²) in [5, 5.41) is 11.5. The SMILES string of the molecule is O=C1NCCCOc2ccc3[nH]nc(c3c2)-c2cc(cc(N3CCOCC3)c2)CO1. The number of nitrogens with zero attached hydrogens (tertiary/aromatic N) is 2. The molecule has 0 saturated carbocycles. The first-order valence-corrected chi connectivity index (χ1v) is 10.2. The van der Waals surface area contributed by atoms with E-state index in [1.807, 2.05) is 24.3 Å². The number of hydrogen-bond acceptors (Lipinski definition) is 6. The molecule has 0 radical (unpaired) electrons. The van der Waals surface area contributed by atoms with Gasteiger partial charge in [-0.05, 0) is 48.4 Å². The topological polar surface area (TPSA) is 88.7 Å². The number of carbonyl (C=O) groups is 1. The molecule has 2 N–H and O–H groups in total. The van der Waals surface area contributed by atoms with E-state index in [1.54, 1.807) is 0 Å². The molecule has 1 fully saturated rings. The van der Waals surface area contributed by atoms with Gasteiger partial charge in [-0.3, -0.25) is 5.10 Å². The minimum absolute atomic E-state index is 0.196. The van der Waals surface area contributed by atoms with Crippen LogP contribution in [0.15, 0.2) is 36.4 Å². The Hall–Kier alpha value is -3.26. The second-order valence-electron chi connectivity index (χ2n) is 7.47. The summed E-state index contributed by atoms with van der Waals surface area (Å²) >= 11 is 0. The molecular formula is C22H24N4O4. The molecule has 0 spiro atoms. The zero-order chi connectivity index (χ0) is 20.3. The van der Waals surface area contributed by atoms with Crippen molar-refractivity contribution in [3.8, 4) is 17.0 Å². The molecule has 4 bridgehead atoms. The van der Waals surface area contributed by atoms with Crippen LogP contribution in [-0.2, 0) is 16.1 Å². The lowest BCUT2D eigenvalue weighted by atomic mass is 10.0. The Balaban J connectivity index is 1.60. The van der Waals surface area contributed by atoms with Crippen molar-refractivity contribution in [1.82, 2.24) is 15.5 Å². The third kappa shape index (κ3) is 3.91. The molecule has 0 atom stereocenters. The minimum Gasteiger partial charge on any atom is -0.494 e. The maximum absolute atomic E-state index is 12.0. The van der Waals surface area contributed by atoms with Crippen LogP contribution in [0.1, 0.15) is 12.0 Å². The van der Waals surface area contributed by atoms with Gasteiger partial charge in [-0.2, -0.15) is 5.10 Å². The molecule has 30 heavy (non-hydrogen) atoms. The number of nitrogens with one attached hydrogen (secondary N) is 2. The number of morpholine rings is 1. The average molecular weight is 408 g/mol. The van der Waals surface area contributed by atoms with Gasteiger partial charge >= 0.3 is 6.09 Å². The van der Waals surface area contributed by atoms with Gasteiger partial charge in [0.2, 0.25) is 0 Å². The number of alkyl carbamates (subject to hydrolysis) is 1. The Kier molecular flexibility index (Phi) is 5.15. The number of amides is 1. The van der Waals surface area contributed by atoms with Crippen molar-refractivity contribution >= 4 is 22.7 Å². The van der Waals surface area contributed by atoms with E-state index >= 15 is 0 Å². The summed E-state index contributed by atoms with van der Waals surface area (Å²) in [5.41, 5.74) is 4.76. The molecule has 1 aromatic heterocycles. The number of fused-ring (bicyclic) bond motifs is 4. The molecule has 156 valence electrons. The summed E-state index contributed by atoms with van der Waals surface area (Å²) in [7, 11) is 0. The summed E-state index contributed by atoms with van der Waals surface area (Å²) in [6, 6.07) is 12.2. The lowest BCUT2D eigenvalue weighted by Crippen LogP contribution is -2.36. The fraction of sp³-hybridized carbons (Fsp3) is 0.364. The molecule has 0 unspecified atom stereocenters. The lowest BCUT2D eigenvalue weighted by Gasteiger charge is -2.29. The van der Waals surface area contributed by atoms with Crippen LogP contribution in [-0.4, -0.2) is 55.7 Å². The number of benzene rings is 2. The van der Waals surface area contributed by atoms with E-state index in [9.17, 15) is 4.79 Å². The van der Waals surface area contributed by atoms with Gasteiger partial charge in [0, 0.05) is 36.3 Å². The van der Waals surface area contributed by atoms with Crippen molar-refractivity contribution in [2.75, 3.05) is 44.4 Å². The molecule has 1 amide bonds. The van der Waals surface area contributed by atoms with E-state index in [2.05, 4.69) is 32.5 Å². The summed E-state index contributed by atoms with van der Waals surface area (Å²) in [4.78, 5) is 14.3. The van der Waals surface area contributed by atoms with E-state index in [0.717, 1.165) is 52.3 Å². The monoisotopic (exact) mass is 408 g/mol. The summed E-state index contributed by atoms with van der Waals surface area (Å²) in [5.74, 6) is 0.784. The number of carbonyl (C=O) groups excluding carboxylic acids is 1. The van der Waals surface area contributed by atoms with Gasteiger partial charge in [0.1, 0.15) is 18.1 Å². The highest BCUT2D eigenvalue weighted by Gasteiger charge is 2.17. The Bertz CT molecular complexity index is 1060. The molecule has 2 aromatic carbocycles. The number of aromatic nitrogens is 2. The maximum atomic E-state index is 12.0. The largest absolute Gasteiger partial charge is 0.494 e. The van der Waals surface area contributed by atoms with Crippen LogP contribution in [0.2, 0.25) is 0 Å². The fourth-order valence-corrected chi connectivity index (χ4v) is 3.85. The van der Waals surface area contributed by atoms with E-state index < -0.39 is 6.09 Å². The molecule has 1 saturated heterocycles. The minimum atomic E-state index is -0.425. The van der Waals surface area contributed by atoms with Crippen molar-refractivity contribution in [3.05, 3.63) is 42.0 Å². The molecule has 2 aliphatic heterocycles. The van der Waals surface area contributed by atoms with E-state index in [1.165, 1.54) is 0 Å². The molecule has 8 heteroatoms. The van der Waals surface area contributed by atoms with Crippen LogP contribution in [0.3, 0.4) is 0 Å². The number of ether oxygens (including phenoxy) is 3. The third-order valence-electron chi connectivity index (χ3n) is 5.39. The summed E-state index contributed by atoms with van der Waals surface area (Å²) in [6.45, 7) is 4.24. The van der Waals surface area contributed by atoms with Gasteiger partial charge in [0.15, 0.2) is 0 Å². The first-order chi connectivity index (χ1) is 14.8. The van der Waals surface area contributed by atoms with Gasteiger partial charge in [0.05, 0.1) is 25.3 Å². The van der Waals surface area contributed by atoms with Crippen LogP contribution < -0.4 is 15.0 Å². The van der Waals surface area contributed by atoms with Crippen molar-refractivity contribution in [2.24, 2.45) is 0 Å². The average Bonchev–Trinajstić information content (AvgIpc) is 3.21. The maximum Gasteiger partial charge on any atom is 0.407 e. The third-order valence-corrected chi connectivity index (χ3v) is 5.39. The van der Waals surface area contributed by atoms with E-state index in [0.29, 0.717) is 32.8 Å². The standard InChI is InChI=1S/C22H24N4O4/c27-22-23-4-1-7-29-18-2-3-20-19(13-18)21(25-24-20)16-10-15(14-30-22)11-17(12-16)26-5-8-28-9-6-26/h2-3,10-13H,1,4-9,14H2,(H,23,27)(H,24,25). The number of rotatable bonds is 1. The molecule has 5 rings (SSSR count). The molecule has 0 aliphatic carbocycles. The van der Waals surface area contributed by atoms with Gasteiger partial charge in [0.25, 0.3) is 0 Å². The van der Waals surface area contributed by atoms with Crippen LogP contribution >= 0.6 is 0 Å². The van der Waals surface area contributed by atoms with Gasteiger partial charge in [-0.15, -0.1) is 0 Å². The summed E-state index contributed by atoms with van der Waals surface area (Å²) in [6.07, 6.45) is 0.270. The van der Waals surface area contributed by atoms with Crippen molar-refractivity contribution in [3.63, 3.8) is 0 Å². The van der Waals surface area contributed by atoms with Crippen LogP contribution in [0.25, 0.3) is 22.2 Å². The smallest absolute Gasteiger partial charge is 0.407 e. The zero-order valence-corrected chi connectivity index (χ0v) is 16.6. The van der Waals surface area contributed by atoms with Crippen molar-refractivity contribution in [2.45, 2.75) is 13.0 Å². The molecular weight excluding hydrogens is 384 g/mol. The van der Waals surface area contributed by atoms with Crippen LogP contribution in [0.5, 0.6) is 5.75 Å². The number of cyclic esters (lactones) is 1. The fourth-order valence-electron chi connectivity index (χ4n) is 3.85. The second kappa shape index (κ2) is 8.23. The van der Waals surface area contributed by atoms with Crippen molar-refractivity contribution in [1.29, 1.82) is 0 Å². The van der Waals surface area contributed by atoms with Crippen LogP contribution in [0, 0.1) is 0 Å². The Morgan fingerprint density at radius 1 is 1.00 bits per heavy atom. The number of hydrogen-bond donors (Lipinski definition) is 2. The van der Waals surface area contributed by atoms with E-state index in [-0.39, 0.29) is 6.61 Å². The van der Waals surface area contributed by atoms with Crippen LogP contribution in [0.4, 0.5) is 10.5 Å². The highest BCUT2D eigenvalue weighted by molar-refractivity contribution is 5.94. The molecule has 8 nitrogen and oxygen atoms in total. The van der Waals surface area contributed by atoms with Crippen molar-refractivity contribution < 1.29 is 19.0 Å². The zero-order valence-electron chi connectivity index (χ0n) is 16.6. The number of H-pyrrole nitrogens is 1. The Morgan fingerprint density at radius 3 is 2.80 bits per heavy atom. The predicted octanol–water partition coefficient (Wildman–Crippen LogP) is 3.08. The van der Waals surface area contributed by atoms with E-state index in [4.69, 9.17) is 14.2 Å².